The van der Waals surface area contributed by atoms with Gasteiger partial charge in [0.1, 0.15) is 0 Å². The maximum Gasteiger partial charge on any atom is 0.00894 e. The Kier molecular flexibility index (Phi) is 4.28. The molecule has 2 aromatic rings. The van der Waals surface area contributed by atoms with E-state index < -0.39 is 0 Å². The fourth-order valence-corrected chi connectivity index (χ4v) is 3.82. The molecule has 0 aliphatic heterocycles. The Labute approximate surface area is 150 Å². The minimum Gasteiger partial charge on any atom is -0.0754 e. The number of rotatable bonds is 2. The fourth-order valence-electron chi connectivity index (χ4n) is 3.82. The third-order valence-corrected chi connectivity index (χ3v) is 5.31. The molecule has 0 spiro atoms. The molecule has 0 unspecified atom stereocenters. The summed E-state index contributed by atoms with van der Waals surface area (Å²) in [5, 5.41) is 0. The second-order valence-corrected chi connectivity index (χ2v) is 7.18. The van der Waals surface area contributed by atoms with Crippen molar-refractivity contribution in [3.05, 3.63) is 112 Å². The van der Waals surface area contributed by atoms with Crippen LogP contribution in [0, 0.1) is 13.8 Å². The van der Waals surface area contributed by atoms with Crippen LogP contribution in [-0.2, 0) is 0 Å². The lowest BCUT2D eigenvalue weighted by Crippen LogP contribution is -2.01. The number of hydrogen-bond donors (Lipinski definition) is 0. The Bertz CT molecular complexity index is 884. The third-order valence-electron chi connectivity index (χ3n) is 5.31. The number of fused-ring (bicyclic) bond motifs is 2. The van der Waals surface area contributed by atoms with Crippen LogP contribution in [0.4, 0.5) is 0 Å². The van der Waals surface area contributed by atoms with Crippen LogP contribution in [0.15, 0.2) is 90.1 Å². The maximum atomic E-state index is 2.45. The fraction of sp³-hybridized carbons (Fsp3) is 0.200. The van der Waals surface area contributed by atoms with Crippen LogP contribution in [0.1, 0.15) is 41.0 Å². The van der Waals surface area contributed by atoms with Crippen molar-refractivity contribution < 1.29 is 0 Å². The smallest absolute Gasteiger partial charge is 0.00894 e. The lowest BCUT2D eigenvalue weighted by Gasteiger charge is -2.18. The van der Waals surface area contributed by atoms with Gasteiger partial charge in [-0.05, 0) is 49.0 Å². The molecule has 0 heteroatoms. The molecule has 0 fully saturated rings. The van der Waals surface area contributed by atoms with E-state index in [9.17, 15) is 0 Å². The molecule has 0 N–H and O–H groups in total. The molecule has 2 aliphatic rings. The molecular weight excluding hydrogens is 300 g/mol. The molecule has 25 heavy (non-hydrogen) atoms. The zero-order valence-corrected chi connectivity index (χ0v) is 15.0. The summed E-state index contributed by atoms with van der Waals surface area (Å²) in [6.45, 7) is 4.30. The Morgan fingerprint density at radius 2 is 1.40 bits per heavy atom. The van der Waals surface area contributed by atoms with Gasteiger partial charge in [0.15, 0.2) is 0 Å². The third kappa shape index (κ3) is 3.30. The SMILES string of the molecule is Cc1ccc(C2=CC[C@H](c3ccc(C)cc3)C3=CC=CC=C2C3)cc1. The predicted octanol–water partition coefficient (Wildman–Crippen LogP) is 6.69. The van der Waals surface area contributed by atoms with E-state index >= 15 is 0 Å². The largest absolute Gasteiger partial charge is 0.0754 e. The topological polar surface area (TPSA) is 0 Å². The van der Waals surface area contributed by atoms with Crippen molar-refractivity contribution in [2.75, 3.05) is 0 Å². The Balaban J connectivity index is 1.77. The van der Waals surface area contributed by atoms with Crippen molar-refractivity contribution in [1.29, 1.82) is 0 Å². The molecular formula is C25H24. The zero-order chi connectivity index (χ0) is 17.2. The van der Waals surface area contributed by atoms with Crippen LogP contribution in [0.5, 0.6) is 0 Å². The quantitative estimate of drug-likeness (QED) is 0.577. The van der Waals surface area contributed by atoms with E-state index in [4.69, 9.17) is 0 Å². The van der Waals surface area contributed by atoms with E-state index in [-0.39, 0.29) is 0 Å². The Morgan fingerprint density at radius 3 is 2.12 bits per heavy atom. The molecule has 4 rings (SSSR count). The van der Waals surface area contributed by atoms with E-state index in [1.165, 1.54) is 39.0 Å². The molecule has 0 saturated carbocycles. The van der Waals surface area contributed by atoms with Crippen molar-refractivity contribution in [3.8, 4) is 0 Å². The van der Waals surface area contributed by atoms with Crippen molar-refractivity contribution in [1.82, 2.24) is 0 Å². The first kappa shape index (κ1) is 15.9. The number of allylic oxidation sites excluding steroid dienone is 8. The summed E-state index contributed by atoms with van der Waals surface area (Å²) in [6.07, 6.45) is 13.5. The summed E-state index contributed by atoms with van der Waals surface area (Å²) >= 11 is 0. The molecule has 0 heterocycles. The predicted molar refractivity (Wildman–Crippen MR) is 108 cm³/mol. The minimum atomic E-state index is 0.467. The first-order valence-electron chi connectivity index (χ1n) is 9.11. The number of benzene rings is 2. The first-order valence-corrected chi connectivity index (χ1v) is 9.11. The standard InChI is InChI=1S/C25H24/c1-18-7-11-20(12-8-18)24-15-16-25(21-13-9-19(2)10-14-21)23-6-4-3-5-22(24)17-23/h3-15,25H,16-17H2,1-2H3/t25-/m1/s1. The molecule has 124 valence electrons. The van der Waals surface area contributed by atoms with E-state index in [0.717, 1.165) is 12.8 Å². The Morgan fingerprint density at radius 1 is 0.760 bits per heavy atom. The van der Waals surface area contributed by atoms with E-state index in [0.29, 0.717) is 5.92 Å². The van der Waals surface area contributed by atoms with Crippen LogP contribution >= 0.6 is 0 Å². The van der Waals surface area contributed by atoms with E-state index in [1.54, 1.807) is 0 Å². The van der Waals surface area contributed by atoms with Gasteiger partial charge in [0.25, 0.3) is 0 Å². The average molecular weight is 324 g/mol. The summed E-state index contributed by atoms with van der Waals surface area (Å²) in [7, 11) is 0. The van der Waals surface area contributed by atoms with Crippen LogP contribution in [0.3, 0.4) is 0 Å². The molecule has 2 aromatic carbocycles. The van der Waals surface area contributed by atoms with Crippen molar-refractivity contribution in [3.63, 3.8) is 0 Å². The number of aryl methyl sites for hydroxylation is 2. The van der Waals surface area contributed by atoms with E-state index in [1.807, 2.05) is 0 Å². The summed E-state index contributed by atoms with van der Waals surface area (Å²) in [5.74, 6) is 0.467. The molecule has 0 aromatic heterocycles. The highest BCUT2D eigenvalue weighted by molar-refractivity contribution is 5.81. The monoisotopic (exact) mass is 324 g/mol. The molecule has 2 aliphatic carbocycles. The normalized spacial score (nSPS) is 19.4. The Hall–Kier alpha value is -2.60. The highest BCUT2D eigenvalue weighted by atomic mass is 14.3. The maximum absolute atomic E-state index is 2.45. The van der Waals surface area contributed by atoms with Gasteiger partial charge >= 0.3 is 0 Å². The van der Waals surface area contributed by atoms with Gasteiger partial charge < -0.3 is 0 Å². The van der Waals surface area contributed by atoms with Crippen LogP contribution in [0.2, 0.25) is 0 Å². The van der Waals surface area contributed by atoms with E-state index in [2.05, 4.69) is 92.8 Å². The second-order valence-electron chi connectivity index (χ2n) is 7.18. The van der Waals surface area contributed by atoms with Crippen LogP contribution < -0.4 is 0 Å². The zero-order valence-electron chi connectivity index (χ0n) is 15.0. The lowest BCUT2D eigenvalue weighted by atomic mass is 9.86. The van der Waals surface area contributed by atoms with Gasteiger partial charge in [-0.1, -0.05) is 95.6 Å². The van der Waals surface area contributed by atoms with Gasteiger partial charge in [-0.15, -0.1) is 0 Å². The summed E-state index contributed by atoms with van der Waals surface area (Å²) < 4.78 is 0. The van der Waals surface area contributed by atoms with Crippen LogP contribution in [-0.4, -0.2) is 0 Å². The molecule has 2 bridgehead atoms. The summed E-state index contributed by atoms with van der Waals surface area (Å²) in [6, 6.07) is 18.0. The van der Waals surface area contributed by atoms with Gasteiger partial charge in [0.05, 0.1) is 0 Å². The summed E-state index contributed by atoms with van der Waals surface area (Å²) in [4.78, 5) is 0. The minimum absolute atomic E-state index is 0.467. The van der Waals surface area contributed by atoms with Crippen molar-refractivity contribution in [2.45, 2.75) is 32.6 Å². The average Bonchev–Trinajstić information content (AvgIpc) is 2.97. The van der Waals surface area contributed by atoms with Crippen LogP contribution in [0.25, 0.3) is 5.57 Å². The lowest BCUT2D eigenvalue weighted by molar-refractivity contribution is 0.793. The van der Waals surface area contributed by atoms with Gasteiger partial charge in [-0.25, -0.2) is 0 Å². The highest BCUT2D eigenvalue weighted by Crippen LogP contribution is 2.41. The van der Waals surface area contributed by atoms with Gasteiger partial charge in [0, 0.05) is 5.92 Å². The molecule has 0 nitrogen and oxygen atoms in total. The molecule has 0 amide bonds. The second kappa shape index (κ2) is 6.72. The molecule has 0 radical (unpaired) electrons. The highest BCUT2D eigenvalue weighted by Gasteiger charge is 2.23. The van der Waals surface area contributed by atoms with Gasteiger partial charge in [-0.2, -0.15) is 0 Å². The van der Waals surface area contributed by atoms with Gasteiger partial charge in [0.2, 0.25) is 0 Å². The number of hydrogen-bond acceptors (Lipinski definition) is 0. The van der Waals surface area contributed by atoms with Crippen molar-refractivity contribution in [2.24, 2.45) is 0 Å². The molecule has 1 atom stereocenters. The first-order chi connectivity index (χ1) is 12.2. The van der Waals surface area contributed by atoms with Gasteiger partial charge in [-0.3, -0.25) is 0 Å². The molecule has 0 saturated heterocycles. The summed E-state index contributed by atoms with van der Waals surface area (Å²) in [5.41, 5.74) is 9.73. The van der Waals surface area contributed by atoms with Crippen molar-refractivity contribution >= 4 is 5.57 Å².